The predicted molar refractivity (Wildman–Crippen MR) is 82.6 cm³/mol. The van der Waals surface area contributed by atoms with Gasteiger partial charge in [-0.1, -0.05) is 32.4 Å². The summed E-state index contributed by atoms with van der Waals surface area (Å²) in [6.07, 6.45) is 7.35. The lowest BCUT2D eigenvalue weighted by molar-refractivity contribution is -0.133. The molecule has 4 aliphatic carbocycles. The predicted octanol–water partition coefficient (Wildman–Crippen LogP) is 3.74. The molecule has 3 fully saturated rings. The molecule has 21 heavy (non-hydrogen) atoms. The molecular weight excluding hydrogens is 260 g/mol. The topological polar surface area (TPSA) is 37.3 Å². The molecule has 1 spiro atoms. The Morgan fingerprint density at radius 1 is 1.29 bits per heavy atom. The number of ketones is 1. The number of rotatable bonds is 1. The third-order valence-corrected chi connectivity index (χ3v) is 8.25. The number of Topliss-reactive ketones (excluding diaryl/α,β-unsaturated/α-hetero) is 1. The second-order valence-electron chi connectivity index (χ2n) is 8.78. The van der Waals surface area contributed by atoms with Crippen molar-refractivity contribution in [2.45, 2.75) is 65.9 Å². The third kappa shape index (κ3) is 1.18. The Bertz CT molecular complexity index is 548. The van der Waals surface area contributed by atoms with Crippen molar-refractivity contribution >= 4 is 5.78 Å². The summed E-state index contributed by atoms with van der Waals surface area (Å²) in [7, 11) is 0. The summed E-state index contributed by atoms with van der Waals surface area (Å²) in [6.45, 7) is 8.93. The number of fused-ring (bicyclic) bond motifs is 2. The van der Waals surface area contributed by atoms with E-state index in [-0.39, 0.29) is 22.0 Å². The SMILES string of the molecule is CC(C)[C@H]1CC[C@]23C[C@@H]4CCC=C4[C@@]2(C)C(=O)[C@@H](O)[C@]13C. The van der Waals surface area contributed by atoms with Gasteiger partial charge in [0.2, 0.25) is 0 Å². The molecule has 0 aromatic rings. The number of allylic oxidation sites excluding steroid dienone is 2. The molecule has 0 amide bonds. The Hall–Kier alpha value is -0.630. The monoisotopic (exact) mass is 288 g/mol. The van der Waals surface area contributed by atoms with Crippen LogP contribution < -0.4 is 0 Å². The van der Waals surface area contributed by atoms with Crippen molar-refractivity contribution in [1.82, 2.24) is 0 Å². The number of aliphatic hydroxyl groups excluding tert-OH is 1. The van der Waals surface area contributed by atoms with Crippen molar-refractivity contribution in [3.05, 3.63) is 11.6 Å². The molecule has 0 aliphatic heterocycles. The standard InChI is InChI=1S/C19H28O2/c1-11(2)13-8-9-19-10-12-6-5-7-14(12)18(19,4)16(21)15(20)17(13,19)3/h7,11-13,15,20H,5-6,8-10H2,1-4H3/t12-,13+,15+,17-,18-,19+/m0/s1. The molecule has 0 heterocycles. The van der Waals surface area contributed by atoms with E-state index >= 15 is 0 Å². The zero-order valence-electron chi connectivity index (χ0n) is 13.8. The van der Waals surface area contributed by atoms with E-state index in [9.17, 15) is 9.90 Å². The summed E-state index contributed by atoms with van der Waals surface area (Å²) in [6, 6.07) is 0. The molecule has 3 saturated carbocycles. The van der Waals surface area contributed by atoms with Crippen LogP contribution in [0, 0.1) is 34.0 Å². The van der Waals surface area contributed by atoms with Crippen LogP contribution in [-0.4, -0.2) is 17.0 Å². The molecule has 0 bridgehead atoms. The van der Waals surface area contributed by atoms with E-state index in [1.807, 2.05) is 0 Å². The van der Waals surface area contributed by atoms with Gasteiger partial charge in [-0.3, -0.25) is 4.79 Å². The van der Waals surface area contributed by atoms with Crippen LogP contribution in [0.15, 0.2) is 11.6 Å². The van der Waals surface area contributed by atoms with Crippen LogP contribution in [0.1, 0.15) is 59.8 Å². The van der Waals surface area contributed by atoms with E-state index in [1.165, 1.54) is 18.4 Å². The van der Waals surface area contributed by atoms with Gasteiger partial charge in [0.25, 0.3) is 0 Å². The zero-order valence-corrected chi connectivity index (χ0v) is 13.8. The second kappa shape index (κ2) is 3.82. The average molecular weight is 288 g/mol. The third-order valence-electron chi connectivity index (χ3n) is 8.25. The first kappa shape index (κ1) is 14.0. The summed E-state index contributed by atoms with van der Waals surface area (Å²) < 4.78 is 0. The largest absolute Gasteiger partial charge is 0.385 e. The van der Waals surface area contributed by atoms with E-state index in [2.05, 4.69) is 33.8 Å². The average Bonchev–Trinajstić information content (AvgIpc) is 3.08. The van der Waals surface area contributed by atoms with Crippen molar-refractivity contribution in [3.8, 4) is 0 Å². The van der Waals surface area contributed by atoms with Crippen LogP contribution in [0.3, 0.4) is 0 Å². The van der Waals surface area contributed by atoms with Gasteiger partial charge in [-0.05, 0) is 62.2 Å². The molecule has 0 aromatic heterocycles. The molecule has 0 radical (unpaired) electrons. The number of aliphatic hydroxyl groups is 1. The first-order valence-electron chi connectivity index (χ1n) is 8.73. The lowest BCUT2D eigenvalue weighted by Crippen LogP contribution is -2.45. The maximum absolute atomic E-state index is 13.1. The molecule has 1 N–H and O–H groups in total. The summed E-state index contributed by atoms with van der Waals surface area (Å²) in [5.41, 5.74) is 0.798. The van der Waals surface area contributed by atoms with Gasteiger partial charge in [-0.25, -0.2) is 0 Å². The Morgan fingerprint density at radius 2 is 2.00 bits per heavy atom. The van der Waals surface area contributed by atoms with Gasteiger partial charge in [-0.2, -0.15) is 0 Å². The zero-order chi connectivity index (χ0) is 15.2. The van der Waals surface area contributed by atoms with Gasteiger partial charge in [0.15, 0.2) is 5.78 Å². The maximum Gasteiger partial charge on any atom is 0.172 e. The van der Waals surface area contributed by atoms with E-state index in [1.54, 1.807) is 0 Å². The normalized spacial score (nSPS) is 54.9. The van der Waals surface area contributed by atoms with Crippen LogP contribution in [-0.2, 0) is 4.79 Å². The van der Waals surface area contributed by atoms with Gasteiger partial charge >= 0.3 is 0 Å². The van der Waals surface area contributed by atoms with Gasteiger partial charge in [0, 0.05) is 5.41 Å². The van der Waals surface area contributed by atoms with E-state index < -0.39 is 6.10 Å². The Labute approximate surface area is 128 Å². The number of carbonyl (C=O) groups excluding carboxylic acids is 1. The van der Waals surface area contributed by atoms with Crippen molar-refractivity contribution in [2.24, 2.45) is 34.0 Å². The number of carbonyl (C=O) groups is 1. The highest BCUT2D eigenvalue weighted by molar-refractivity contribution is 5.97. The summed E-state index contributed by atoms with van der Waals surface area (Å²) in [5, 5.41) is 11.0. The Balaban J connectivity index is 1.94. The van der Waals surface area contributed by atoms with Crippen LogP contribution in [0.4, 0.5) is 0 Å². The van der Waals surface area contributed by atoms with Crippen LogP contribution in [0.5, 0.6) is 0 Å². The van der Waals surface area contributed by atoms with E-state index in [0.29, 0.717) is 17.8 Å². The van der Waals surface area contributed by atoms with Crippen LogP contribution in [0.25, 0.3) is 0 Å². The highest BCUT2D eigenvalue weighted by Gasteiger charge is 2.80. The fourth-order valence-electron chi connectivity index (χ4n) is 7.34. The fourth-order valence-corrected chi connectivity index (χ4v) is 7.34. The molecule has 116 valence electrons. The van der Waals surface area contributed by atoms with Crippen molar-refractivity contribution in [1.29, 1.82) is 0 Å². The van der Waals surface area contributed by atoms with E-state index in [0.717, 1.165) is 19.3 Å². The van der Waals surface area contributed by atoms with Gasteiger partial charge in [-0.15, -0.1) is 0 Å². The number of hydrogen-bond donors (Lipinski definition) is 1. The minimum absolute atomic E-state index is 0.0162. The van der Waals surface area contributed by atoms with Crippen molar-refractivity contribution in [3.63, 3.8) is 0 Å². The van der Waals surface area contributed by atoms with Crippen LogP contribution in [0.2, 0.25) is 0 Å². The lowest BCUT2D eigenvalue weighted by Gasteiger charge is -2.46. The molecule has 2 nitrogen and oxygen atoms in total. The smallest absolute Gasteiger partial charge is 0.172 e. The molecule has 0 aromatic carbocycles. The Morgan fingerprint density at radius 3 is 2.67 bits per heavy atom. The van der Waals surface area contributed by atoms with Crippen molar-refractivity contribution in [2.75, 3.05) is 0 Å². The summed E-state index contributed by atoms with van der Waals surface area (Å²) >= 11 is 0. The minimum atomic E-state index is -0.764. The molecule has 4 aliphatic rings. The second-order valence-corrected chi connectivity index (χ2v) is 8.78. The molecule has 4 rings (SSSR count). The summed E-state index contributed by atoms with van der Waals surface area (Å²) in [5.74, 6) is 1.74. The van der Waals surface area contributed by atoms with Crippen molar-refractivity contribution < 1.29 is 9.90 Å². The minimum Gasteiger partial charge on any atom is -0.385 e. The lowest BCUT2D eigenvalue weighted by atomic mass is 9.56. The van der Waals surface area contributed by atoms with Gasteiger partial charge in [0.05, 0.1) is 5.41 Å². The van der Waals surface area contributed by atoms with E-state index in [4.69, 9.17) is 0 Å². The quantitative estimate of drug-likeness (QED) is 0.746. The maximum atomic E-state index is 13.1. The fraction of sp³-hybridized carbons (Fsp3) is 0.842. The van der Waals surface area contributed by atoms with Gasteiger partial charge in [0.1, 0.15) is 6.10 Å². The molecule has 0 saturated heterocycles. The summed E-state index contributed by atoms with van der Waals surface area (Å²) in [4.78, 5) is 13.1. The Kier molecular flexibility index (Phi) is 2.55. The molecular formula is C19H28O2. The highest BCUT2D eigenvalue weighted by Crippen LogP contribution is 2.80. The first-order chi connectivity index (χ1) is 9.80. The highest BCUT2D eigenvalue weighted by atomic mass is 16.3. The van der Waals surface area contributed by atoms with Crippen LogP contribution >= 0.6 is 0 Å². The van der Waals surface area contributed by atoms with Gasteiger partial charge < -0.3 is 5.11 Å². The number of hydrogen-bond acceptors (Lipinski definition) is 2. The molecule has 2 heteroatoms. The first-order valence-corrected chi connectivity index (χ1v) is 8.73. The molecule has 6 atom stereocenters. The molecule has 0 unspecified atom stereocenters.